The van der Waals surface area contributed by atoms with Crippen molar-refractivity contribution < 1.29 is 13.2 Å². The highest BCUT2D eigenvalue weighted by atomic mass is 32.2. The number of carbonyl (C=O) groups is 1. The molecule has 8 nitrogen and oxygen atoms in total. The summed E-state index contributed by atoms with van der Waals surface area (Å²) in [6, 6.07) is 0. The van der Waals surface area contributed by atoms with Gasteiger partial charge in [-0.15, -0.1) is 0 Å². The van der Waals surface area contributed by atoms with Crippen molar-refractivity contribution in [1.29, 1.82) is 0 Å². The van der Waals surface area contributed by atoms with Crippen LogP contribution in [-0.2, 0) is 14.8 Å². The van der Waals surface area contributed by atoms with E-state index in [-0.39, 0.29) is 11.7 Å². The molecule has 1 aliphatic heterocycles. The molecule has 1 heterocycles. The summed E-state index contributed by atoms with van der Waals surface area (Å²) in [4.78, 5) is 18.5. The Morgan fingerprint density at radius 3 is 2.37 bits per heavy atom. The first kappa shape index (κ1) is 22.3. The van der Waals surface area contributed by atoms with Crippen LogP contribution in [0.15, 0.2) is 4.99 Å². The van der Waals surface area contributed by atoms with E-state index in [0.717, 1.165) is 37.2 Å². The van der Waals surface area contributed by atoms with E-state index in [2.05, 4.69) is 15.6 Å². The molecule has 1 amide bonds. The summed E-state index contributed by atoms with van der Waals surface area (Å²) in [6.45, 7) is 1.99. The van der Waals surface area contributed by atoms with Crippen molar-refractivity contribution in [2.24, 2.45) is 10.4 Å². The average Bonchev–Trinajstić information content (AvgIpc) is 3.14. The third-order valence-electron chi connectivity index (χ3n) is 5.25. The highest BCUT2D eigenvalue weighted by molar-refractivity contribution is 7.99. The molecule has 1 saturated heterocycles. The van der Waals surface area contributed by atoms with Gasteiger partial charge < -0.3 is 15.5 Å². The molecular weight excluding hydrogens is 386 g/mol. The number of guanidine groups is 1. The van der Waals surface area contributed by atoms with Gasteiger partial charge in [-0.2, -0.15) is 11.8 Å². The van der Waals surface area contributed by atoms with Crippen molar-refractivity contribution in [3.8, 4) is 0 Å². The smallest absolute Gasteiger partial charge is 0.230 e. The highest BCUT2D eigenvalue weighted by Crippen LogP contribution is 2.38. The van der Waals surface area contributed by atoms with Crippen LogP contribution in [0.25, 0.3) is 0 Å². The van der Waals surface area contributed by atoms with Gasteiger partial charge in [0.25, 0.3) is 0 Å². The molecule has 0 aromatic heterocycles. The maximum absolute atomic E-state index is 12.6. The Balaban J connectivity index is 1.84. The fourth-order valence-corrected chi connectivity index (χ4v) is 6.21. The molecule has 1 saturated carbocycles. The molecule has 0 aromatic rings. The second-order valence-electron chi connectivity index (χ2n) is 7.37. The molecule has 0 radical (unpaired) electrons. The topological polar surface area (TPSA) is 94.1 Å². The molecule has 2 fully saturated rings. The number of nitrogens with zero attached hydrogens (tertiary/aromatic N) is 3. The Morgan fingerprint density at radius 2 is 1.81 bits per heavy atom. The number of nitrogens with one attached hydrogen (secondary N) is 2. The first-order valence-electron chi connectivity index (χ1n) is 9.53. The quantitative estimate of drug-likeness (QED) is 0.452. The normalized spacial score (nSPS) is 21.1. The Hall–Kier alpha value is -1.00. The molecule has 2 rings (SSSR count). The lowest BCUT2D eigenvalue weighted by Crippen LogP contribution is -2.50. The van der Waals surface area contributed by atoms with E-state index in [1.54, 1.807) is 42.1 Å². The third kappa shape index (κ3) is 5.99. The van der Waals surface area contributed by atoms with E-state index in [1.807, 2.05) is 0 Å². The molecule has 0 unspecified atom stereocenters. The van der Waals surface area contributed by atoms with E-state index in [0.29, 0.717) is 32.1 Å². The van der Waals surface area contributed by atoms with Crippen molar-refractivity contribution in [1.82, 2.24) is 19.8 Å². The number of amides is 1. The lowest BCUT2D eigenvalue weighted by atomic mass is 9.84. The fraction of sp³-hybridized carbons (Fsp3) is 0.882. The number of aliphatic imine (C=N–C) groups is 1. The first-order chi connectivity index (χ1) is 12.8. The van der Waals surface area contributed by atoms with Gasteiger partial charge in [0.15, 0.2) is 5.96 Å². The lowest BCUT2D eigenvalue weighted by molar-refractivity contribution is -0.138. The molecule has 2 N–H and O–H groups in total. The van der Waals surface area contributed by atoms with Gasteiger partial charge in [0.2, 0.25) is 15.9 Å². The van der Waals surface area contributed by atoms with Crippen LogP contribution in [0.5, 0.6) is 0 Å². The van der Waals surface area contributed by atoms with Crippen molar-refractivity contribution >= 4 is 33.7 Å². The van der Waals surface area contributed by atoms with E-state index >= 15 is 0 Å². The Labute approximate surface area is 167 Å². The Morgan fingerprint density at radius 1 is 1.19 bits per heavy atom. The SMILES string of the molecule is CN=C(NCCS(=O)(=O)N1CCSCC1)NCC1(C(=O)N(C)C)CCCC1. The second kappa shape index (κ2) is 9.97. The van der Waals surface area contributed by atoms with Gasteiger partial charge in [0.05, 0.1) is 11.2 Å². The Bertz CT molecular complexity index is 624. The van der Waals surface area contributed by atoms with Crippen LogP contribution in [0, 0.1) is 5.41 Å². The van der Waals surface area contributed by atoms with Crippen LogP contribution in [-0.4, -0.2) is 94.1 Å². The summed E-state index contributed by atoms with van der Waals surface area (Å²) in [6.07, 6.45) is 3.85. The molecule has 0 atom stereocenters. The molecule has 1 aliphatic carbocycles. The summed E-state index contributed by atoms with van der Waals surface area (Å²) >= 11 is 1.79. The third-order valence-corrected chi connectivity index (χ3v) is 8.07. The van der Waals surface area contributed by atoms with E-state index in [9.17, 15) is 13.2 Å². The summed E-state index contributed by atoms with van der Waals surface area (Å²) < 4.78 is 26.4. The predicted octanol–water partition coefficient (Wildman–Crippen LogP) is 0.179. The molecule has 0 aromatic carbocycles. The van der Waals surface area contributed by atoms with Crippen molar-refractivity contribution in [2.45, 2.75) is 25.7 Å². The van der Waals surface area contributed by atoms with Gasteiger partial charge >= 0.3 is 0 Å². The van der Waals surface area contributed by atoms with Gasteiger partial charge in [-0.25, -0.2) is 12.7 Å². The van der Waals surface area contributed by atoms with Crippen LogP contribution >= 0.6 is 11.8 Å². The second-order valence-corrected chi connectivity index (χ2v) is 10.7. The number of rotatable bonds is 7. The van der Waals surface area contributed by atoms with E-state index in [4.69, 9.17) is 0 Å². The maximum atomic E-state index is 12.6. The zero-order valence-corrected chi connectivity index (χ0v) is 18.3. The summed E-state index contributed by atoms with van der Waals surface area (Å²) in [7, 11) is 2.00. The van der Waals surface area contributed by atoms with E-state index < -0.39 is 15.4 Å². The first-order valence-corrected chi connectivity index (χ1v) is 12.3. The van der Waals surface area contributed by atoms with Gasteiger partial charge in [0, 0.05) is 58.8 Å². The number of hydrogen-bond donors (Lipinski definition) is 2. The number of hydrogen-bond acceptors (Lipinski definition) is 5. The van der Waals surface area contributed by atoms with Crippen LogP contribution in [0.4, 0.5) is 0 Å². The van der Waals surface area contributed by atoms with E-state index in [1.165, 1.54) is 0 Å². The largest absolute Gasteiger partial charge is 0.355 e. The van der Waals surface area contributed by atoms with Gasteiger partial charge in [-0.05, 0) is 12.8 Å². The minimum absolute atomic E-state index is 0.0418. The summed E-state index contributed by atoms with van der Waals surface area (Å²) in [5.74, 6) is 2.45. The van der Waals surface area contributed by atoms with Gasteiger partial charge in [0.1, 0.15) is 0 Å². The minimum Gasteiger partial charge on any atom is -0.355 e. The number of thioether (sulfide) groups is 1. The minimum atomic E-state index is -3.24. The molecule has 2 aliphatic rings. The van der Waals surface area contributed by atoms with Crippen LogP contribution < -0.4 is 10.6 Å². The molecule has 27 heavy (non-hydrogen) atoms. The van der Waals surface area contributed by atoms with Gasteiger partial charge in [-0.1, -0.05) is 12.8 Å². The number of carbonyl (C=O) groups excluding carboxylic acids is 1. The van der Waals surface area contributed by atoms with Crippen molar-refractivity contribution in [2.75, 3.05) is 64.6 Å². The molecular formula is C17H33N5O3S2. The molecule has 156 valence electrons. The van der Waals surface area contributed by atoms with Crippen LogP contribution in [0.1, 0.15) is 25.7 Å². The lowest BCUT2D eigenvalue weighted by Gasteiger charge is -2.31. The zero-order chi connectivity index (χ0) is 19.9. The summed E-state index contributed by atoms with van der Waals surface area (Å²) in [5, 5.41) is 6.31. The predicted molar refractivity (Wildman–Crippen MR) is 112 cm³/mol. The Kier molecular flexibility index (Phi) is 8.23. The van der Waals surface area contributed by atoms with Crippen molar-refractivity contribution in [3.63, 3.8) is 0 Å². The monoisotopic (exact) mass is 419 g/mol. The van der Waals surface area contributed by atoms with Crippen LogP contribution in [0.3, 0.4) is 0 Å². The number of sulfonamides is 1. The molecule has 0 spiro atoms. The fourth-order valence-electron chi connectivity index (χ4n) is 3.72. The standard InChI is InChI=1S/C17H33N5O3S2/c1-18-16(19-8-13-27(24,25)22-9-11-26-12-10-22)20-14-17(6-4-5-7-17)15(23)21(2)3/h4-14H2,1-3H3,(H2,18,19,20). The molecule has 0 bridgehead atoms. The average molecular weight is 420 g/mol. The zero-order valence-electron chi connectivity index (χ0n) is 16.7. The van der Waals surface area contributed by atoms with Crippen molar-refractivity contribution in [3.05, 3.63) is 0 Å². The highest BCUT2D eigenvalue weighted by Gasteiger charge is 2.42. The summed E-state index contributed by atoms with van der Waals surface area (Å²) in [5.41, 5.74) is -0.390. The van der Waals surface area contributed by atoms with Gasteiger partial charge in [-0.3, -0.25) is 9.79 Å². The molecule has 10 heteroatoms. The maximum Gasteiger partial charge on any atom is 0.230 e. The van der Waals surface area contributed by atoms with Crippen LogP contribution in [0.2, 0.25) is 0 Å².